The van der Waals surface area contributed by atoms with Gasteiger partial charge in [0.15, 0.2) is 0 Å². The van der Waals surface area contributed by atoms with Crippen molar-refractivity contribution in [2.75, 3.05) is 32.6 Å². The van der Waals surface area contributed by atoms with E-state index < -0.39 is 10.0 Å². The van der Waals surface area contributed by atoms with E-state index in [1.54, 1.807) is 18.2 Å². The van der Waals surface area contributed by atoms with E-state index >= 15 is 0 Å². The highest BCUT2D eigenvalue weighted by molar-refractivity contribution is 7.89. The summed E-state index contributed by atoms with van der Waals surface area (Å²) in [5.74, 6) is 6.09. The topological polar surface area (TPSA) is 58.6 Å². The van der Waals surface area contributed by atoms with Crippen LogP contribution in [0, 0.1) is 18.8 Å². The van der Waals surface area contributed by atoms with E-state index in [0.717, 1.165) is 16.8 Å². The molecule has 0 saturated carbocycles. The summed E-state index contributed by atoms with van der Waals surface area (Å²) in [4.78, 5) is 2.12. The standard InChI is InChI=1S/C19H22N2O3S/c1-15-7-12-18(24-4)19(14-15)25(22,23)20-13-5-6-16-8-10-17(11-9-16)21(2)3/h7-12,14,20H,13H2,1-4H3. The zero-order chi connectivity index (χ0) is 18.4. The SMILES string of the molecule is COc1ccc(C)cc1S(=O)(=O)NCC#Cc1ccc(N(C)C)cc1. The van der Waals surface area contributed by atoms with Crippen LogP contribution in [-0.2, 0) is 10.0 Å². The van der Waals surface area contributed by atoms with Crippen LogP contribution in [0.2, 0.25) is 0 Å². The van der Waals surface area contributed by atoms with Crippen LogP contribution in [-0.4, -0.2) is 36.2 Å². The van der Waals surface area contributed by atoms with Gasteiger partial charge in [0, 0.05) is 25.3 Å². The molecule has 0 aliphatic heterocycles. The third-order valence-corrected chi connectivity index (χ3v) is 5.00. The molecule has 0 amide bonds. The number of anilines is 1. The van der Waals surface area contributed by atoms with Crippen LogP contribution in [0.4, 0.5) is 5.69 Å². The molecule has 132 valence electrons. The lowest BCUT2D eigenvalue weighted by Crippen LogP contribution is -2.24. The quantitative estimate of drug-likeness (QED) is 0.834. The fourth-order valence-corrected chi connectivity index (χ4v) is 3.37. The van der Waals surface area contributed by atoms with Crippen LogP contribution in [0.1, 0.15) is 11.1 Å². The van der Waals surface area contributed by atoms with Gasteiger partial charge in [-0.25, -0.2) is 8.42 Å². The Morgan fingerprint density at radius 3 is 2.40 bits per heavy atom. The summed E-state index contributed by atoms with van der Waals surface area (Å²) in [6.07, 6.45) is 0. The number of nitrogens with one attached hydrogen (secondary N) is 1. The zero-order valence-corrected chi connectivity index (χ0v) is 15.6. The third-order valence-electron chi connectivity index (χ3n) is 3.58. The molecule has 0 fully saturated rings. The molecule has 2 aromatic rings. The average molecular weight is 358 g/mol. The van der Waals surface area contributed by atoms with E-state index in [9.17, 15) is 8.42 Å². The van der Waals surface area contributed by atoms with Crippen molar-refractivity contribution >= 4 is 15.7 Å². The monoisotopic (exact) mass is 358 g/mol. The molecule has 0 saturated heterocycles. The van der Waals surface area contributed by atoms with Crippen LogP contribution in [0.25, 0.3) is 0 Å². The van der Waals surface area contributed by atoms with Gasteiger partial charge < -0.3 is 9.64 Å². The van der Waals surface area contributed by atoms with E-state index in [-0.39, 0.29) is 11.4 Å². The van der Waals surface area contributed by atoms with Crippen LogP contribution < -0.4 is 14.4 Å². The minimum atomic E-state index is -3.68. The Labute approximate surface area is 149 Å². The molecule has 0 bridgehead atoms. The molecule has 5 nitrogen and oxygen atoms in total. The van der Waals surface area contributed by atoms with Gasteiger partial charge in [0.05, 0.1) is 13.7 Å². The Balaban J connectivity index is 2.08. The smallest absolute Gasteiger partial charge is 0.245 e. The Kier molecular flexibility index (Phi) is 6.07. The highest BCUT2D eigenvalue weighted by atomic mass is 32.2. The van der Waals surface area contributed by atoms with Crippen molar-refractivity contribution in [2.45, 2.75) is 11.8 Å². The van der Waals surface area contributed by atoms with Crippen molar-refractivity contribution < 1.29 is 13.2 Å². The largest absolute Gasteiger partial charge is 0.495 e. The highest BCUT2D eigenvalue weighted by Gasteiger charge is 2.18. The maximum absolute atomic E-state index is 12.4. The van der Waals surface area contributed by atoms with Gasteiger partial charge in [-0.15, -0.1) is 0 Å². The fourth-order valence-electron chi connectivity index (χ4n) is 2.19. The zero-order valence-electron chi connectivity index (χ0n) is 14.8. The molecule has 2 aromatic carbocycles. The normalized spacial score (nSPS) is 10.7. The molecule has 0 spiro atoms. The Hall–Kier alpha value is -2.49. The first-order chi connectivity index (χ1) is 11.8. The second kappa shape index (κ2) is 8.06. The summed E-state index contributed by atoms with van der Waals surface area (Å²) in [5.41, 5.74) is 2.75. The van der Waals surface area contributed by atoms with Crippen LogP contribution in [0.3, 0.4) is 0 Å². The number of aryl methyl sites for hydroxylation is 1. The fraction of sp³-hybridized carbons (Fsp3) is 0.263. The molecule has 0 atom stereocenters. The minimum Gasteiger partial charge on any atom is -0.495 e. The first kappa shape index (κ1) is 18.8. The van der Waals surface area contributed by atoms with Crippen LogP contribution >= 0.6 is 0 Å². The lowest BCUT2D eigenvalue weighted by molar-refractivity contribution is 0.402. The molecule has 0 aliphatic rings. The van der Waals surface area contributed by atoms with Gasteiger partial charge >= 0.3 is 0 Å². The third kappa shape index (κ3) is 4.99. The molecule has 0 radical (unpaired) electrons. The number of nitrogens with zero attached hydrogens (tertiary/aromatic N) is 1. The van der Waals surface area contributed by atoms with Crippen molar-refractivity contribution in [3.63, 3.8) is 0 Å². The second-order valence-corrected chi connectivity index (χ2v) is 7.46. The van der Waals surface area contributed by atoms with Gasteiger partial charge in [0.1, 0.15) is 10.6 Å². The van der Waals surface area contributed by atoms with Crippen molar-refractivity contribution in [1.29, 1.82) is 0 Å². The van der Waals surface area contributed by atoms with Crippen molar-refractivity contribution in [3.8, 4) is 17.6 Å². The summed E-state index contributed by atoms with van der Waals surface area (Å²) in [7, 11) is 1.70. The van der Waals surface area contributed by atoms with Crippen LogP contribution in [0.5, 0.6) is 5.75 Å². The number of hydrogen-bond donors (Lipinski definition) is 1. The lowest BCUT2D eigenvalue weighted by Gasteiger charge is -2.11. The van der Waals surface area contributed by atoms with Gasteiger partial charge in [-0.2, -0.15) is 4.72 Å². The Bertz CT molecular complexity index is 893. The van der Waals surface area contributed by atoms with Crippen molar-refractivity contribution in [1.82, 2.24) is 4.72 Å². The predicted molar refractivity (Wildman–Crippen MR) is 101 cm³/mol. The maximum atomic E-state index is 12.4. The van der Waals surface area contributed by atoms with Crippen molar-refractivity contribution in [2.24, 2.45) is 0 Å². The van der Waals surface area contributed by atoms with E-state index in [1.807, 2.05) is 50.2 Å². The van der Waals surface area contributed by atoms with E-state index in [0.29, 0.717) is 5.75 Å². The predicted octanol–water partition coefficient (Wildman–Crippen LogP) is 2.40. The van der Waals surface area contributed by atoms with Gasteiger partial charge in [-0.05, 0) is 48.9 Å². The second-order valence-electron chi connectivity index (χ2n) is 5.72. The highest BCUT2D eigenvalue weighted by Crippen LogP contribution is 2.24. The molecule has 6 heteroatoms. The number of methoxy groups -OCH3 is 1. The van der Waals surface area contributed by atoms with Gasteiger partial charge in [0.2, 0.25) is 10.0 Å². The first-order valence-corrected chi connectivity index (χ1v) is 9.22. The van der Waals surface area contributed by atoms with E-state index in [4.69, 9.17) is 4.74 Å². The van der Waals surface area contributed by atoms with Crippen LogP contribution in [0.15, 0.2) is 47.4 Å². The molecule has 1 N–H and O–H groups in total. The molecule has 0 aromatic heterocycles. The lowest BCUT2D eigenvalue weighted by atomic mass is 10.2. The Morgan fingerprint density at radius 2 is 1.80 bits per heavy atom. The molecule has 0 aliphatic carbocycles. The molecule has 0 heterocycles. The number of ether oxygens (including phenoxy) is 1. The van der Waals surface area contributed by atoms with Gasteiger partial charge in [-0.1, -0.05) is 17.9 Å². The molecule has 2 rings (SSSR count). The van der Waals surface area contributed by atoms with E-state index in [2.05, 4.69) is 16.6 Å². The van der Waals surface area contributed by atoms with Gasteiger partial charge in [0.25, 0.3) is 0 Å². The van der Waals surface area contributed by atoms with Crippen molar-refractivity contribution in [3.05, 3.63) is 53.6 Å². The maximum Gasteiger partial charge on any atom is 0.245 e. The number of rotatable bonds is 5. The summed E-state index contributed by atoms with van der Waals surface area (Å²) < 4.78 is 32.5. The summed E-state index contributed by atoms with van der Waals surface area (Å²) >= 11 is 0. The number of hydrogen-bond acceptors (Lipinski definition) is 4. The molecule has 25 heavy (non-hydrogen) atoms. The summed E-state index contributed by atoms with van der Waals surface area (Å²) in [6.45, 7) is 1.85. The minimum absolute atomic E-state index is 0.0227. The van der Waals surface area contributed by atoms with E-state index in [1.165, 1.54) is 7.11 Å². The molecule has 0 unspecified atom stereocenters. The van der Waals surface area contributed by atoms with Gasteiger partial charge in [-0.3, -0.25) is 0 Å². The molecular formula is C19H22N2O3S. The summed E-state index contributed by atoms with van der Waals surface area (Å²) in [5, 5.41) is 0. The summed E-state index contributed by atoms with van der Waals surface area (Å²) in [6, 6.07) is 12.8. The molecular weight excluding hydrogens is 336 g/mol. The average Bonchev–Trinajstić information content (AvgIpc) is 2.59. The number of benzene rings is 2. The first-order valence-electron chi connectivity index (χ1n) is 7.74. The number of sulfonamides is 1. The Morgan fingerprint density at radius 1 is 1.12 bits per heavy atom.